The first-order valence-electron chi connectivity index (χ1n) is 9.63. The fourth-order valence-corrected chi connectivity index (χ4v) is 3.09. The van der Waals surface area contributed by atoms with Crippen LogP contribution < -0.4 is 4.74 Å². The SMILES string of the molecule is CCOC(=O)CCCCCCN(CC)C(C)Cc1ccc(OC)cc1. The molecule has 0 aromatic heterocycles. The van der Waals surface area contributed by atoms with Gasteiger partial charge in [0.15, 0.2) is 0 Å². The van der Waals surface area contributed by atoms with E-state index in [-0.39, 0.29) is 5.97 Å². The van der Waals surface area contributed by atoms with E-state index in [1.807, 2.05) is 19.1 Å². The number of esters is 1. The highest BCUT2D eigenvalue weighted by molar-refractivity contribution is 5.69. The molecule has 0 aliphatic rings. The first-order valence-corrected chi connectivity index (χ1v) is 9.63. The second-order valence-electron chi connectivity index (χ2n) is 6.50. The number of hydrogen-bond donors (Lipinski definition) is 0. The largest absolute Gasteiger partial charge is 0.497 e. The molecule has 0 saturated heterocycles. The molecule has 0 saturated carbocycles. The number of hydrogen-bond acceptors (Lipinski definition) is 4. The third kappa shape index (κ3) is 8.92. The van der Waals surface area contributed by atoms with Crippen LogP contribution in [-0.4, -0.2) is 43.7 Å². The van der Waals surface area contributed by atoms with Crippen LogP contribution in [0.15, 0.2) is 24.3 Å². The van der Waals surface area contributed by atoms with Gasteiger partial charge in [-0.1, -0.05) is 31.9 Å². The quantitative estimate of drug-likeness (QED) is 0.389. The molecule has 1 atom stereocenters. The highest BCUT2D eigenvalue weighted by Crippen LogP contribution is 2.15. The van der Waals surface area contributed by atoms with Gasteiger partial charge in [-0.25, -0.2) is 0 Å². The van der Waals surface area contributed by atoms with Crippen molar-refractivity contribution >= 4 is 5.97 Å². The lowest BCUT2D eigenvalue weighted by atomic mass is 10.0. The second-order valence-corrected chi connectivity index (χ2v) is 6.50. The summed E-state index contributed by atoms with van der Waals surface area (Å²) >= 11 is 0. The maximum absolute atomic E-state index is 11.3. The standard InChI is InChI=1S/C21H35NO3/c1-5-22(16-10-8-7-9-11-21(23)25-6-2)18(3)17-19-12-14-20(24-4)15-13-19/h12-15,18H,5-11,16-17H2,1-4H3. The van der Waals surface area contributed by atoms with Crippen LogP contribution in [0, 0.1) is 0 Å². The van der Waals surface area contributed by atoms with Crippen molar-refractivity contribution in [2.75, 3.05) is 26.8 Å². The molecule has 1 rings (SSSR count). The zero-order valence-electron chi connectivity index (χ0n) is 16.4. The van der Waals surface area contributed by atoms with E-state index < -0.39 is 0 Å². The highest BCUT2D eigenvalue weighted by atomic mass is 16.5. The lowest BCUT2D eigenvalue weighted by Crippen LogP contribution is -2.35. The molecule has 1 aromatic rings. The number of likely N-dealkylation sites (N-methyl/N-ethyl adjacent to an activating group) is 1. The normalized spacial score (nSPS) is 12.2. The van der Waals surface area contributed by atoms with Crippen molar-refractivity contribution in [2.45, 2.75) is 65.3 Å². The van der Waals surface area contributed by atoms with Crippen molar-refractivity contribution in [2.24, 2.45) is 0 Å². The molecule has 4 heteroatoms. The first-order chi connectivity index (χ1) is 12.1. The summed E-state index contributed by atoms with van der Waals surface area (Å²) in [7, 11) is 1.70. The average molecular weight is 350 g/mol. The van der Waals surface area contributed by atoms with E-state index in [1.165, 1.54) is 18.4 Å². The van der Waals surface area contributed by atoms with Gasteiger partial charge in [-0.15, -0.1) is 0 Å². The minimum Gasteiger partial charge on any atom is -0.497 e. The van der Waals surface area contributed by atoms with Gasteiger partial charge < -0.3 is 14.4 Å². The number of nitrogens with zero attached hydrogens (tertiary/aromatic N) is 1. The van der Waals surface area contributed by atoms with Gasteiger partial charge in [-0.2, -0.15) is 0 Å². The molecule has 0 heterocycles. The zero-order valence-corrected chi connectivity index (χ0v) is 16.4. The summed E-state index contributed by atoms with van der Waals surface area (Å²) in [5.41, 5.74) is 1.35. The predicted molar refractivity (Wildman–Crippen MR) is 103 cm³/mol. The van der Waals surface area contributed by atoms with Gasteiger partial charge in [0.1, 0.15) is 5.75 Å². The Morgan fingerprint density at radius 1 is 1.08 bits per heavy atom. The summed E-state index contributed by atoms with van der Waals surface area (Å²) in [4.78, 5) is 13.8. The maximum Gasteiger partial charge on any atom is 0.305 e. The molecule has 1 aromatic carbocycles. The van der Waals surface area contributed by atoms with Gasteiger partial charge in [0.25, 0.3) is 0 Å². The van der Waals surface area contributed by atoms with Gasteiger partial charge in [0.05, 0.1) is 13.7 Å². The average Bonchev–Trinajstić information content (AvgIpc) is 2.62. The van der Waals surface area contributed by atoms with Crippen LogP contribution in [0.1, 0.15) is 58.4 Å². The Labute approximate surface area is 153 Å². The van der Waals surface area contributed by atoms with Crippen LogP contribution in [0.5, 0.6) is 5.75 Å². The Morgan fingerprint density at radius 2 is 1.76 bits per heavy atom. The van der Waals surface area contributed by atoms with Crippen LogP contribution >= 0.6 is 0 Å². The Kier molecular flexibility index (Phi) is 11.0. The summed E-state index contributed by atoms with van der Waals surface area (Å²) in [6.07, 6.45) is 6.00. The van der Waals surface area contributed by atoms with E-state index in [2.05, 4.69) is 30.9 Å². The van der Waals surface area contributed by atoms with Crippen LogP contribution in [0.2, 0.25) is 0 Å². The lowest BCUT2D eigenvalue weighted by Gasteiger charge is -2.28. The summed E-state index contributed by atoms with van der Waals surface area (Å²) in [5, 5.41) is 0. The van der Waals surface area contributed by atoms with Crippen LogP contribution in [0.25, 0.3) is 0 Å². The minimum absolute atomic E-state index is 0.0641. The third-order valence-electron chi connectivity index (χ3n) is 4.60. The molecular formula is C21H35NO3. The first kappa shape index (κ1) is 21.5. The molecule has 0 amide bonds. The number of carbonyl (C=O) groups is 1. The van der Waals surface area contributed by atoms with E-state index in [0.717, 1.165) is 38.1 Å². The van der Waals surface area contributed by atoms with E-state index in [9.17, 15) is 4.79 Å². The summed E-state index contributed by atoms with van der Waals surface area (Å²) in [5.74, 6) is 0.845. The molecule has 0 spiro atoms. The molecule has 0 aliphatic carbocycles. The Balaban J connectivity index is 2.24. The van der Waals surface area contributed by atoms with Crippen molar-refractivity contribution < 1.29 is 14.3 Å². The summed E-state index contributed by atoms with van der Waals surface area (Å²) in [6, 6.07) is 8.89. The van der Waals surface area contributed by atoms with E-state index in [0.29, 0.717) is 19.1 Å². The molecule has 0 fully saturated rings. The van der Waals surface area contributed by atoms with Gasteiger partial charge in [0.2, 0.25) is 0 Å². The van der Waals surface area contributed by atoms with Crippen molar-refractivity contribution in [1.29, 1.82) is 0 Å². The molecule has 25 heavy (non-hydrogen) atoms. The molecule has 142 valence electrons. The van der Waals surface area contributed by atoms with Crippen LogP contribution in [0.4, 0.5) is 0 Å². The summed E-state index contributed by atoms with van der Waals surface area (Å²) in [6.45, 7) is 9.05. The topological polar surface area (TPSA) is 38.8 Å². The third-order valence-corrected chi connectivity index (χ3v) is 4.60. The maximum atomic E-state index is 11.3. The van der Waals surface area contributed by atoms with Gasteiger partial charge in [0, 0.05) is 12.5 Å². The molecule has 4 nitrogen and oxygen atoms in total. The number of methoxy groups -OCH3 is 1. The van der Waals surface area contributed by atoms with Crippen molar-refractivity contribution in [3.05, 3.63) is 29.8 Å². The smallest absolute Gasteiger partial charge is 0.305 e. The van der Waals surface area contributed by atoms with Crippen molar-refractivity contribution in [1.82, 2.24) is 4.90 Å². The minimum atomic E-state index is -0.0641. The fourth-order valence-electron chi connectivity index (χ4n) is 3.09. The van der Waals surface area contributed by atoms with Crippen molar-refractivity contribution in [3.63, 3.8) is 0 Å². The Hall–Kier alpha value is -1.55. The van der Waals surface area contributed by atoms with Crippen molar-refractivity contribution in [3.8, 4) is 5.75 Å². The Morgan fingerprint density at radius 3 is 2.36 bits per heavy atom. The molecule has 0 aliphatic heterocycles. The summed E-state index contributed by atoms with van der Waals surface area (Å²) < 4.78 is 10.2. The number of rotatable bonds is 13. The number of carbonyl (C=O) groups excluding carboxylic acids is 1. The van der Waals surface area contributed by atoms with E-state index >= 15 is 0 Å². The molecular weight excluding hydrogens is 314 g/mol. The van der Waals surface area contributed by atoms with E-state index in [1.54, 1.807) is 7.11 Å². The van der Waals surface area contributed by atoms with Gasteiger partial charge in [-0.3, -0.25) is 4.79 Å². The molecule has 0 bridgehead atoms. The molecule has 0 radical (unpaired) electrons. The molecule has 0 N–H and O–H groups in total. The van der Waals surface area contributed by atoms with Gasteiger partial charge >= 0.3 is 5.97 Å². The number of benzene rings is 1. The van der Waals surface area contributed by atoms with Crippen LogP contribution in [0.3, 0.4) is 0 Å². The van der Waals surface area contributed by atoms with E-state index in [4.69, 9.17) is 9.47 Å². The lowest BCUT2D eigenvalue weighted by molar-refractivity contribution is -0.143. The fraction of sp³-hybridized carbons (Fsp3) is 0.667. The highest BCUT2D eigenvalue weighted by Gasteiger charge is 2.12. The monoisotopic (exact) mass is 349 g/mol. The number of ether oxygens (including phenoxy) is 2. The van der Waals surface area contributed by atoms with Gasteiger partial charge in [-0.05, 0) is 63.9 Å². The molecule has 1 unspecified atom stereocenters. The zero-order chi connectivity index (χ0) is 18.5. The van der Waals surface area contributed by atoms with Crippen LogP contribution in [-0.2, 0) is 16.0 Å². The Bertz CT molecular complexity index is 473. The second kappa shape index (κ2) is 12.8. The predicted octanol–water partition coefficient (Wildman–Crippen LogP) is 4.46. The number of unbranched alkanes of at least 4 members (excludes halogenated alkanes) is 3.